The summed E-state index contributed by atoms with van der Waals surface area (Å²) in [4.78, 5) is 20.9. The summed E-state index contributed by atoms with van der Waals surface area (Å²) < 4.78 is 27.5. The van der Waals surface area contributed by atoms with E-state index in [0.29, 0.717) is 6.07 Å². The molecule has 0 saturated heterocycles. The molecule has 10 heteroatoms. The van der Waals surface area contributed by atoms with Gasteiger partial charge in [-0.05, 0) is 13.8 Å². The summed E-state index contributed by atoms with van der Waals surface area (Å²) in [6, 6.07) is 1.51. The van der Waals surface area contributed by atoms with Gasteiger partial charge in [-0.1, -0.05) is 11.6 Å². The van der Waals surface area contributed by atoms with Crippen molar-refractivity contribution in [2.24, 2.45) is 0 Å². The van der Waals surface area contributed by atoms with Gasteiger partial charge in [0.25, 0.3) is 14.7 Å². The molecule has 0 bridgehead atoms. The summed E-state index contributed by atoms with van der Waals surface area (Å²) in [5.74, 6) is -0.977. The molecule has 0 N–H and O–H groups in total. The van der Waals surface area contributed by atoms with Crippen LogP contribution in [0.2, 0.25) is 5.02 Å². The molecule has 0 aromatic heterocycles. The van der Waals surface area contributed by atoms with E-state index < -0.39 is 47.2 Å². The van der Waals surface area contributed by atoms with Crippen molar-refractivity contribution in [3.63, 3.8) is 0 Å². The Bertz CT molecular complexity index is 671. The third-order valence-corrected chi connectivity index (χ3v) is 3.93. The molecule has 0 radical (unpaired) electrons. The number of esters is 1. The van der Waals surface area contributed by atoms with Crippen LogP contribution in [0.4, 0.5) is 5.69 Å². The Kier molecular flexibility index (Phi) is 4.95. The molecule has 0 atom stereocenters. The van der Waals surface area contributed by atoms with Crippen LogP contribution in [0.5, 0.6) is 0 Å². The first kappa shape index (κ1) is 16.7. The molecule has 1 aromatic rings. The maximum atomic E-state index is 11.8. The smallest absolute Gasteiger partial charge is 0.340 e. The zero-order chi connectivity index (χ0) is 15.7. The zero-order valence-electron chi connectivity index (χ0n) is 10.3. The normalized spacial score (nSPS) is 11.4. The highest BCUT2D eigenvalue weighted by Crippen LogP contribution is 2.33. The standard InChI is InChI=1S/C10H9Cl2NO6S/c1-5(2)19-10(14)7-3-6(13(15)16)4-8(9(7)11)20(12,17)18/h3-5H,1-2H3. The number of non-ortho nitro benzene ring substituents is 1. The topological polar surface area (TPSA) is 104 Å². The minimum atomic E-state index is -4.35. The third kappa shape index (κ3) is 3.81. The lowest BCUT2D eigenvalue weighted by Crippen LogP contribution is -2.13. The highest BCUT2D eigenvalue weighted by atomic mass is 35.7. The van der Waals surface area contributed by atoms with Crippen LogP contribution < -0.4 is 0 Å². The van der Waals surface area contributed by atoms with Gasteiger partial charge in [-0.15, -0.1) is 0 Å². The van der Waals surface area contributed by atoms with Gasteiger partial charge in [0.05, 0.1) is 21.6 Å². The number of ether oxygens (including phenoxy) is 1. The predicted octanol–water partition coefficient (Wildman–Crippen LogP) is 2.74. The molecule has 0 spiro atoms. The van der Waals surface area contributed by atoms with Crippen LogP contribution in [-0.2, 0) is 13.8 Å². The van der Waals surface area contributed by atoms with Gasteiger partial charge in [0.1, 0.15) is 4.90 Å². The largest absolute Gasteiger partial charge is 0.459 e. The van der Waals surface area contributed by atoms with E-state index in [2.05, 4.69) is 0 Å². The lowest BCUT2D eigenvalue weighted by molar-refractivity contribution is -0.385. The van der Waals surface area contributed by atoms with Crippen molar-refractivity contribution in [3.8, 4) is 0 Å². The number of halogens is 2. The number of carbonyl (C=O) groups is 1. The summed E-state index contributed by atoms with van der Waals surface area (Å²) in [5.41, 5.74) is -1.07. The number of hydrogen-bond donors (Lipinski definition) is 0. The fourth-order valence-electron chi connectivity index (χ4n) is 1.29. The van der Waals surface area contributed by atoms with Crippen LogP contribution in [-0.4, -0.2) is 25.4 Å². The number of nitro groups is 1. The number of carbonyl (C=O) groups excluding carboxylic acids is 1. The van der Waals surface area contributed by atoms with Crippen molar-refractivity contribution >= 4 is 43.0 Å². The molecule has 0 aliphatic rings. The van der Waals surface area contributed by atoms with Gasteiger partial charge < -0.3 is 4.74 Å². The van der Waals surface area contributed by atoms with Crippen LogP contribution in [0, 0.1) is 10.1 Å². The van der Waals surface area contributed by atoms with Crippen LogP contribution in [0.15, 0.2) is 17.0 Å². The van der Waals surface area contributed by atoms with E-state index in [-0.39, 0.29) is 0 Å². The minimum absolute atomic E-state index is 0.436. The molecule has 7 nitrogen and oxygen atoms in total. The molecule has 0 saturated carbocycles. The van der Waals surface area contributed by atoms with Crippen LogP contribution >= 0.6 is 22.3 Å². The van der Waals surface area contributed by atoms with Gasteiger partial charge in [0, 0.05) is 22.8 Å². The Morgan fingerprint density at radius 1 is 1.40 bits per heavy atom. The maximum Gasteiger partial charge on any atom is 0.340 e. The van der Waals surface area contributed by atoms with Gasteiger partial charge in [-0.3, -0.25) is 10.1 Å². The molecular weight excluding hydrogens is 333 g/mol. The van der Waals surface area contributed by atoms with E-state index >= 15 is 0 Å². The molecule has 0 fully saturated rings. The van der Waals surface area contributed by atoms with E-state index in [1.165, 1.54) is 0 Å². The molecule has 0 unspecified atom stereocenters. The van der Waals surface area contributed by atoms with Crippen molar-refractivity contribution in [3.05, 3.63) is 32.8 Å². The molecule has 20 heavy (non-hydrogen) atoms. The minimum Gasteiger partial charge on any atom is -0.459 e. The van der Waals surface area contributed by atoms with Gasteiger partial charge in [-0.25, -0.2) is 13.2 Å². The molecule has 0 aliphatic heterocycles. The average Bonchev–Trinajstić information content (AvgIpc) is 2.25. The predicted molar refractivity (Wildman–Crippen MR) is 71.7 cm³/mol. The number of nitro benzene ring substituents is 1. The average molecular weight is 342 g/mol. The molecule has 110 valence electrons. The fourth-order valence-corrected chi connectivity index (χ4v) is 2.85. The second-order valence-electron chi connectivity index (χ2n) is 3.95. The molecule has 1 aromatic carbocycles. The molecule has 0 aliphatic carbocycles. The Balaban J connectivity index is 3.56. The zero-order valence-corrected chi connectivity index (χ0v) is 12.6. The first-order chi connectivity index (χ1) is 9.04. The lowest BCUT2D eigenvalue weighted by Gasteiger charge is -2.10. The monoisotopic (exact) mass is 341 g/mol. The molecule has 0 amide bonds. The van der Waals surface area contributed by atoms with E-state index in [9.17, 15) is 23.3 Å². The Morgan fingerprint density at radius 3 is 2.35 bits per heavy atom. The highest BCUT2D eigenvalue weighted by molar-refractivity contribution is 8.13. The first-order valence-electron chi connectivity index (χ1n) is 5.17. The summed E-state index contributed by atoms with van der Waals surface area (Å²) >= 11 is 5.76. The summed E-state index contributed by atoms with van der Waals surface area (Å²) in [6.07, 6.45) is -0.506. The van der Waals surface area contributed by atoms with Crippen LogP contribution in [0.3, 0.4) is 0 Å². The number of nitrogens with zero attached hydrogens (tertiary/aromatic N) is 1. The summed E-state index contributed by atoms with van der Waals surface area (Å²) in [7, 11) is 0.790. The lowest BCUT2D eigenvalue weighted by atomic mass is 10.2. The van der Waals surface area contributed by atoms with Crippen molar-refractivity contribution < 1.29 is 22.9 Å². The van der Waals surface area contributed by atoms with E-state index in [1.54, 1.807) is 13.8 Å². The number of hydrogen-bond acceptors (Lipinski definition) is 6. The second-order valence-corrected chi connectivity index (χ2v) is 6.87. The fraction of sp³-hybridized carbons (Fsp3) is 0.300. The Hall–Kier alpha value is -1.38. The van der Waals surface area contributed by atoms with E-state index in [1.807, 2.05) is 0 Å². The molecule has 0 heterocycles. The first-order valence-corrected chi connectivity index (χ1v) is 7.86. The second kappa shape index (κ2) is 5.94. The van der Waals surface area contributed by atoms with Gasteiger partial charge in [-0.2, -0.15) is 0 Å². The summed E-state index contributed by atoms with van der Waals surface area (Å²) in [5, 5.41) is 10.2. The van der Waals surface area contributed by atoms with Crippen molar-refractivity contribution in [2.75, 3.05) is 0 Å². The van der Waals surface area contributed by atoms with Crippen molar-refractivity contribution in [2.45, 2.75) is 24.8 Å². The van der Waals surface area contributed by atoms with Gasteiger partial charge >= 0.3 is 5.97 Å². The molecule has 1 rings (SSSR count). The van der Waals surface area contributed by atoms with E-state index in [0.717, 1.165) is 6.07 Å². The van der Waals surface area contributed by atoms with Crippen LogP contribution in [0.1, 0.15) is 24.2 Å². The van der Waals surface area contributed by atoms with Crippen molar-refractivity contribution in [1.82, 2.24) is 0 Å². The van der Waals surface area contributed by atoms with Crippen molar-refractivity contribution in [1.29, 1.82) is 0 Å². The maximum absolute atomic E-state index is 11.8. The Morgan fingerprint density at radius 2 is 1.95 bits per heavy atom. The Labute approximate surface area is 124 Å². The van der Waals surface area contributed by atoms with Gasteiger partial charge in [0.2, 0.25) is 0 Å². The highest BCUT2D eigenvalue weighted by Gasteiger charge is 2.27. The molecular formula is C10H9Cl2NO6S. The summed E-state index contributed by atoms with van der Waals surface area (Å²) in [6.45, 7) is 3.12. The van der Waals surface area contributed by atoms with E-state index in [4.69, 9.17) is 27.0 Å². The SMILES string of the molecule is CC(C)OC(=O)c1cc([N+](=O)[O-])cc(S(=O)(=O)Cl)c1Cl. The third-order valence-electron chi connectivity index (χ3n) is 2.06. The van der Waals surface area contributed by atoms with Gasteiger partial charge in [0.15, 0.2) is 0 Å². The van der Waals surface area contributed by atoms with Crippen LogP contribution in [0.25, 0.3) is 0 Å². The number of benzene rings is 1. The quantitative estimate of drug-likeness (QED) is 0.361. The number of rotatable bonds is 4.